The molecule has 0 fully saturated rings. The van der Waals surface area contributed by atoms with Gasteiger partial charge in [-0.2, -0.15) is 0 Å². The minimum absolute atomic E-state index is 0.0112. The molecule has 7 heteroatoms. The van der Waals surface area contributed by atoms with Gasteiger partial charge < -0.3 is 8.58 Å². The monoisotopic (exact) mass is 332 g/mol. The fraction of sp³-hybridized carbons (Fsp3) is 0.357. The first-order valence-corrected chi connectivity index (χ1v) is 6.92. The van der Waals surface area contributed by atoms with E-state index in [0.29, 0.717) is 5.56 Å². The van der Waals surface area contributed by atoms with E-state index in [4.69, 9.17) is 23.7 Å². The number of benzene rings is 1. The number of ketones is 1. The summed E-state index contributed by atoms with van der Waals surface area (Å²) in [6.07, 6.45) is 0.440. The third kappa shape index (κ3) is 6.14. The molecule has 114 valence electrons. The van der Waals surface area contributed by atoms with E-state index in [-0.39, 0.29) is 31.5 Å². The number of Topliss-reactive ketones (excluding diaryl/α,β-unsaturated/α-hetero) is 1. The Morgan fingerprint density at radius 3 is 1.81 bits per heavy atom. The molecule has 0 spiro atoms. The summed E-state index contributed by atoms with van der Waals surface area (Å²) in [6.45, 7) is 0. The van der Waals surface area contributed by atoms with Crippen LogP contribution in [0, 0.1) is 5.92 Å². The van der Waals surface area contributed by atoms with E-state index in [1.54, 1.807) is 30.3 Å². The quantitative estimate of drug-likeness (QED) is 0.682. The fourth-order valence-electron chi connectivity index (χ4n) is 1.91. The van der Waals surface area contributed by atoms with Crippen LogP contribution in [0.25, 0.3) is 0 Å². The van der Waals surface area contributed by atoms with Crippen molar-refractivity contribution in [1.82, 2.24) is 0 Å². The highest BCUT2D eigenvalue weighted by Crippen LogP contribution is 2.20. The molecule has 1 aromatic carbocycles. The van der Waals surface area contributed by atoms with Gasteiger partial charge in [-0.05, 0) is 12.8 Å². The van der Waals surface area contributed by atoms with Gasteiger partial charge in [-0.15, -0.1) is 0 Å². The normalized spacial score (nSPS) is 10.2. The molecule has 0 aliphatic carbocycles. The summed E-state index contributed by atoms with van der Waals surface area (Å²) in [5.74, 6) is -1.91. The van der Waals surface area contributed by atoms with Gasteiger partial charge in [0.2, 0.25) is 0 Å². The average molecular weight is 333 g/mol. The van der Waals surface area contributed by atoms with Crippen LogP contribution < -0.4 is 0 Å². The molecule has 0 unspecified atom stereocenters. The lowest BCUT2D eigenvalue weighted by atomic mass is 9.89. The second kappa shape index (κ2) is 9.37. The molecule has 0 aliphatic heterocycles. The number of rotatable bonds is 8. The van der Waals surface area contributed by atoms with Crippen LogP contribution in [0.1, 0.15) is 36.0 Å². The first kappa shape index (κ1) is 17.5. The largest absolute Gasteiger partial charge is 0.348 e. The third-order valence-electron chi connectivity index (χ3n) is 3.00. The smallest absolute Gasteiger partial charge is 0.324 e. The van der Waals surface area contributed by atoms with E-state index in [1.807, 2.05) is 0 Å². The lowest BCUT2D eigenvalue weighted by Gasteiger charge is -2.14. The Morgan fingerprint density at radius 1 is 0.905 bits per heavy atom. The Kier molecular flexibility index (Phi) is 7.79. The van der Waals surface area contributed by atoms with Gasteiger partial charge in [0.05, 0.1) is 0 Å². The van der Waals surface area contributed by atoms with E-state index in [2.05, 4.69) is 8.58 Å². The maximum absolute atomic E-state index is 12.4. The Balaban J connectivity index is 2.72. The van der Waals surface area contributed by atoms with Crippen LogP contribution in [0.4, 0.5) is 0 Å². The zero-order chi connectivity index (χ0) is 15.7. The minimum atomic E-state index is -0.623. The summed E-state index contributed by atoms with van der Waals surface area (Å²) < 4.78 is 8.08. The summed E-state index contributed by atoms with van der Waals surface area (Å²) in [6, 6.07) is 8.63. The van der Waals surface area contributed by atoms with Gasteiger partial charge in [0.1, 0.15) is 23.7 Å². The number of halogens is 2. The van der Waals surface area contributed by atoms with E-state index in [1.165, 1.54) is 0 Å². The summed E-state index contributed by atoms with van der Waals surface area (Å²) in [4.78, 5) is 34.6. The predicted octanol–water partition coefficient (Wildman–Crippen LogP) is 3.44. The van der Waals surface area contributed by atoms with Crippen molar-refractivity contribution in [2.75, 3.05) is 0 Å². The van der Waals surface area contributed by atoms with E-state index < -0.39 is 17.9 Å². The standard InChI is InChI=1S/C14H14Cl2O5/c15-20-12(17)8-6-11(7-9-13(18)21-16)14(19)10-4-2-1-3-5-10/h1-5,11H,6-9H2. The second-order valence-electron chi connectivity index (χ2n) is 4.40. The molecule has 1 aromatic rings. The maximum atomic E-state index is 12.4. The van der Waals surface area contributed by atoms with Gasteiger partial charge in [-0.1, -0.05) is 30.3 Å². The topological polar surface area (TPSA) is 69.7 Å². The summed E-state index contributed by atoms with van der Waals surface area (Å²) in [5.41, 5.74) is 0.515. The Labute approximate surface area is 132 Å². The predicted molar refractivity (Wildman–Crippen MR) is 76.6 cm³/mol. The van der Waals surface area contributed by atoms with Crippen LogP contribution in [-0.4, -0.2) is 17.7 Å². The average Bonchev–Trinajstić information content (AvgIpc) is 2.54. The van der Waals surface area contributed by atoms with Crippen LogP contribution in [0.2, 0.25) is 0 Å². The second-order valence-corrected chi connectivity index (χ2v) is 4.71. The highest BCUT2D eigenvalue weighted by atomic mass is 35.5. The molecule has 0 bridgehead atoms. The SMILES string of the molecule is O=C(CCC(CCC(=O)OCl)C(=O)c1ccccc1)OCl. The van der Waals surface area contributed by atoms with E-state index >= 15 is 0 Å². The molecule has 0 radical (unpaired) electrons. The Morgan fingerprint density at radius 2 is 1.38 bits per heavy atom. The van der Waals surface area contributed by atoms with Gasteiger partial charge >= 0.3 is 11.9 Å². The van der Waals surface area contributed by atoms with Crippen molar-refractivity contribution in [1.29, 1.82) is 0 Å². The van der Waals surface area contributed by atoms with Crippen LogP contribution >= 0.6 is 23.7 Å². The van der Waals surface area contributed by atoms with E-state index in [9.17, 15) is 14.4 Å². The number of hydrogen-bond donors (Lipinski definition) is 0. The van der Waals surface area contributed by atoms with Gasteiger partial charge in [0.15, 0.2) is 5.78 Å². The molecule has 0 atom stereocenters. The first-order valence-electron chi connectivity index (χ1n) is 6.30. The molecule has 0 N–H and O–H groups in total. The molecule has 0 amide bonds. The van der Waals surface area contributed by atoms with Crippen LogP contribution in [0.5, 0.6) is 0 Å². The zero-order valence-corrected chi connectivity index (χ0v) is 12.6. The lowest BCUT2D eigenvalue weighted by molar-refractivity contribution is -0.134. The highest BCUT2D eigenvalue weighted by Gasteiger charge is 2.22. The molecule has 5 nitrogen and oxygen atoms in total. The number of carbonyl (C=O) groups is 3. The number of hydrogen-bond acceptors (Lipinski definition) is 5. The van der Waals surface area contributed by atoms with Crippen molar-refractivity contribution in [2.24, 2.45) is 5.92 Å². The van der Waals surface area contributed by atoms with Gasteiger partial charge in [-0.25, -0.2) is 0 Å². The molecule has 0 aromatic heterocycles. The van der Waals surface area contributed by atoms with Gasteiger partial charge in [0, 0.05) is 24.3 Å². The van der Waals surface area contributed by atoms with Crippen LogP contribution in [-0.2, 0) is 18.2 Å². The van der Waals surface area contributed by atoms with Gasteiger partial charge in [-0.3, -0.25) is 14.4 Å². The molecule has 0 heterocycles. The van der Waals surface area contributed by atoms with Crippen molar-refractivity contribution in [3.63, 3.8) is 0 Å². The molecule has 0 saturated carbocycles. The van der Waals surface area contributed by atoms with Crippen LogP contribution in [0.15, 0.2) is 30.3 Å². The third-order valence-corrected chi connectivity index (χ3v) is 3.34. The molecule has 0 saturated heterocycles. The molecule has 1 rings (SSSR count). The van der Waals surface area contributed by atoms with Crippen molar-refractivity contribution < 1.29 is 23.0 Å². The van der Waals surface area contributed by atoms with Crippen LogP contribution in [0.3, 0.4) is 0 Å². The molecular weight excluding hydrogens is 319 g/mol. The van der Waals surface area contributed by atoms with E-state index in [0.717, 1.165) is 0 Å². The summed E-state index contributed by atoms with van der Waals surface area (Å²) >= 11 is 9.91. The molecular formula is C14H14Cl2O5. The minimum Gasteiger partial charge on any atom is -0.348 e. The summed E-state index contributed by atoms with van der Waals surface area (Å²) in [7, 11) is 0. The Bertz CT molecular complexity index is 469. The highest BCUT2D eigenvalue weighted by molar-refractivity contribution is 6.13. The van der Waals surface area contributed by atoms with Crippen molar-refractivity contribution in [3.05, 3.63) is 35.9 Å². The van der Waals surface area contributed by atoms with Crippen molar-refractivity contribution in [2.45, 2.75) is 25.7 Å². The molecule has 0 aliphatic rings. The summed E-state index contributed by atoms with van der Waals surface area (Å²) in [5, 5.41) is 0. The first-order chi connectivity index (χ1) is 10.1. The number of carbonyl (C=O) groups excluding carboxylic acids is 3. The zero-order valence-electron chi connectivity index (χ0n) is 11.1. The maximum Gasteiger partial charge on any atom is 0.324 e. The fourth-order valence-corrected chi connectivity index (χ4v) is 2.06. The van der Waals surface area contributed by atoms with Crippen molar-refractivity contribution >= 4 is 41.5 Å². The molecule has 21 heavy (non-hydrogen) atoms. The Hall–Kier alpha value is -1.59. The van der Waals surface area contributed by atoms with Gasteiger partial charge in [0.25, 0.3) is 0 Å². The van der Waals surface area contributed by atoms with Crippen molar-refractivity contribution in [3.8, 4) is 0 Å². The lowest BCUT2D eigenvalue weighted by Crippen LogP contribution is -2.18.